The molecule has 3 amide bonds. The average Bonchev–Trinajstić information content (AvgIpc) is 3.13. The number of hydrogen-bond donors (Lipinski definition) is 5. The third-order valence-corrected chi connectivity index (χ3v) is 5.42. The van der Waals surface area contributed by atoms with E-state index < -0.39 is 47.1 Å². The van der Waals surface area contributed by atoms with Crippen molar-refractivity contribution >= 4 is 34.8 Å². The quantitative estimate of drug-likeness (QED) is 0.337. The monoisotopic (exact) mass is 502 g/mol. The molecule has 0 saturated carbocycles. The molecule has 36 heavy (non-hydrogen) atoms. The second kappa shape index (κ2) is 11.5. The summed E-state index contributed by atoms with van der Waals surface area (Å²) >= 11 is 0. The zero-order chi connectivity index (χ0) is 27.3. The second-order valence-corrected chi connectivity index (χ2v) is 10.9. The van der Waals surface area contributed by atoms with E-state index in [4.69, 9.17) is 4.74 Å². The van der Waals surface area contributed by atoms with E-state index in [-0.39, 0.29) is 12.3 Å². The fraction of sp³-hybridized carbons (Fsp3) is 0.538. The van der Waals surface area contributed by atoms with E-state index in [1.165, 1.54) is 13.8 Å². The van der Waals surface area contributed by atoms with Gasteiger partial charge in [-0.3, -0.25) is 9.59 Å². The first-order valence-electron chi connectivity index (χ1n) is 12.0. The molecule has 0 unspecified atom stereocenters. The number of ether oxygens (including phenoxy) is 1. The molecule has 0 saturated heterocycles. The topological polar surface area (TPSA) is 150 Å². The standard InChI is InChI=1S/C26H38N4O6/c1-15(2)12-19(29-24(35)36-25(3,4)5)21(31)30-26(6,7)23(34)28-20(22(32)33)13-16-14-27-18-11-9-8-10-17(16)18/h8-11,14-15,19-20,27H,12-13H2,1-7H3,(H,28,34)(H,29,35)(H,30,31)(H,32,33)/t19-,20-/m0/s1. The largest absolute Gasteiger partial charge is 0.480 e. The molecule has 2 rings (SSSR count). The van der Waals surface area contributed by atoms with Crippen LogP contribution in [0.1, 0.15) is 60.5 Å². The van der Waals surface area contributed by atoms with E-state index in [9.17, 15) is 24.3 Å². The van der Waals surface area contributed by atoms with Crippen LogP contribution in [0.2, 0.25) is 0 Å². The van der Waals surface area contributed by atoms with E-state index >= 15 is 0 Å². The number of nitrogens with one attached hydrogen (secondary N) is 4. The summed E-state index contributed by atoms with van der Waals surface area (Å²) in [6.45, 7) is 11.9. The lowest BCUT2D eigenvalue weighted by Gasteiger charge is -2.30. The number of aromatic amines is 1. The molecule has 0 fully saturated rings. The highest BCUT2D eigenvalue weighted by molar-refractivity contribution is 5.95. The highest BCUT2D eigenvalue weighted by Gasteiger charge is 2.36. The number of alkyl carbamates (subject to hydrolysis) is 1. The number of aliphatic carboxylic acids is 1. The Morgan fingerprint density at radius 3 is 2.22 bits per heavy atom. The number of fused-ring (bicyclic) bond motifs is 1. The summed E-state index contributed by atoms with van der Waals surface area (Å²) < 4.78 is 5.26. The zero-order valence-corrected chi connectivity index (χ0v) is 22.0. The van der Waals surface area contributed by atoms with Gasteiger partial charge in [0.05, 0.1) is 0 Å². The van der Waals surface area contributed by atoms with Crippen LogP contribution in [0.5, 0.6) is 0 Å². The smallest absolute Gasteiger partial charge is 0.408 e. The molecule has 1 heterocycles. The van der Waals surface area contributed by atoms with Crippen LogP contribution in [0.15, 0.2) is 30.5 Å². The Labute approximate surface area is 211 Å². The maximum atomic E-state index is 13.1. The Balaban J connectivity index is 2.11. The molecule has 0 aliphatic heterocycles. The third-order valence-electron chi connectivity index (χ3n) is 5.42. The van der Waals surface area contributed by atoms with E-state index in [1.54, 1.807) is 27.0 Å². The Bertz CT molecular complexity index is 1100. The highest BCUT2D eigenvalue weighted by Crippen LogP contribution is 2.19. The van der Waals surface area contributed by atoms with Crippen LogP contribution >= 0.6 is 0 Å². The van der Waals surface area contributed by atoms with Gasteiger partial charge < -0.3 is 30.8 Å². The van der Waals surface area contributed by atoms with Crippen molar-refractivity contribution in [2.45, 2.75) is 84.5 Å². The van der Waals surface area contributed by atoms with Gasteiger partial charge in [-0.1, -0.05) is 32.0 Å². The Hall–Kier alpha value is -3.56. The minimum Gasteiger partial charge on any atom is -0.480 e. The van der Waals surface area contributed by atoms with E-state index in [1.807, 2.05) is 38.1 Å². The molecule has 1 aromatic carbocycles. The van der Waals surface area contributed by atoms with Crippen LogP contribution in [0.3, 0.4) is 0 Å². The molecule has 0 spiro atoms. The van der Waals surface area contributed by atoms with Gasteiger partial charge in [0.1, 0.15) is 23.2 Å². The predicted octanol–water partition coefficient (Wildman–Crippen LogP) is 3.11. The summed E-state index contributed by atoms with van der Waals surface area (Å²) in [5, 5.41) is 18.4. The van der Waals surface area contributed by atoms with Gasteiger partial charge in [-0.2, -0.15) is 0 Å². The lowest BCUT2D eigenvalue weighted by Crippen LogP contribution is -2.61. The molecule has 10 heteroatoms. The van der Waals surface area contributed by atoms with Crippen molar-refractivity contribution in [3.63, 3.8) is 0 Å². The first-order chi connectivity index (χ1) is 16.6. The summed E-state index contributed by atoms with van der Waals surface area (Å²) in [5.41, 5.74) is -0.572. The maximum absolute atomic E-state index is 13.1. The number of aromatic nitrogens is 1. The summed E-state index contributed by atoms with van der Waals surface area (Å²) in [4.78, 5) is 53.4. The van der Waals surface area contributed by atoms with Gasteiger partial charge in [0.2, 0.25) is 11.8 Å². The SMILES string of the molecule is CC(C)C[C@H](NC(=O)OC(C)(C)C)C(=O)NC(C)(C)C(=O)N[C@@H](Cc1c[nH]c2ccccc12)C(=O)O. The lowest BCUT2D eigenvalue weighted by atomic mass is 9.98. The van der Waals surface area contributed by atoms with Gasteiger partial charge in [-0.15, -0.1) is 0 Å². The molecule has 0 aliphatic carbocycles. The van der Waals surface area contributed by atoms with Crippen molar-refractivity contribution in [3.8, 4) is 0 Å². The van der Waals surface area contributed by atoms with Crippen molar-refractivity contribution < 1.29 is 29.0 Å². The van der Waals surface area contributed by atoms with Gasteiger partial charge in [0.25, 0.3) is 0 Å². The molecule has 1 aromatic heterocycles. The number of para-hydroxylation sites is 1. The number of benzene rings is 1. The molecule has 198 valence electrons. The third kappa shape index (κ3) is 8.28. The summed E-state index contributed by atoms with van der Waals surface area (Å²) in [7, 11) is 0. The van der Waals surface area contributed by atoms with Gasteiger partial charge >= 0.3 is 12.1 Å². The molecule has 0 aliphatic rings. The number of carbonyl (C=O) groups is 4. The first-order valence-corrected chi connectivity index (χ1v) is 12.0. The van der Waals surface area contributed by atoms with Gasteiger partial charge in [0, 0.05) is 23.5 Å². The number of carboxylic acid groups (broad SMARTS) is 1. The first kappa shape index (κ1) is 28.7. The van der Waals surface area contributed by atoms with E-state index in [0.717, 1.165) is 16.5 Å². The van der Waals surface area contributed by atoms with Crippen molar-refractivity contribution in [3.05, 3.63) is 36.0 Å². The normalized spacial score (nSPS) is 13.7. The molecular formula is C26H38N4O6. The summed E-state index contributed by atoms with van der Waals surface area (Å²) in [6, 6.07) is 5.33. The summed E-state index contributed by atoms with van der Waals surface area (Å²) in [6.07, 6.45) is 1.36. The second-order valence-electron chi connectivity index (χ2n) is 10.9. The number of carbonyl (C=O) groups excluding carboxylic acids is 3. The molecule has 5 N–H and O–H groups in total. The summed E-state index contributed by atoms with van der Waals surface area (Å²) in [5.74, 6) is -2.36. The maximum Gasteiger partial charge on any atom is 0.408 e. The average molecular weight is 503 g/mol. The van der Waals surface area contributed by atoms with Crippen molar-refractivity contribution in [2.75, 3.05) is 0 Å². The van der Waals surface area contributed by atoms with Crippen LogP contribution < -0.4 is 16.0 Å². The lowest BCUT2D eigenvalue weighted by molar-refractivity contribution is -0.143. The number of carboxylic acids is 1. The van der Waals surface area contributed by atoms with E-state index in [2.05, 4.69) is 20.9 Å². The number of rotatable bonds is 10. The van der Waals surface area contributed by atoms with E-state index in [0.29, 0.717) is 6.42 Å². The number of H-pyrrole nitrogens is 1. The molecule has 2 aromatic rings. The predicted molar refractivity (Wildman–Crippen MR) is 136 cm³/mol. The molecule has 0 radical (unpaired) electrons. The highest BCUT2D eigenvalue weighted by atomic mass is 16.6. The fourth-order valence-electron chi connectivity index (χ4n) is 3.66. The van der Waals surface area contributed by atoms with Crippen molar-refractivity contribution in [1.82, 2.24) is 20.9 Å². The Morgan fingerprint density at radius 2 is 1.64 bits per heavy atom. The Kier molecular flexibility index (Phi) is 9.12. The number of amides is 3. The van der Waals surface area contributed by atoms with Gasteiger partial charge in [0.15, 0.2) is 0 Å². The minimum absolute atomic E-state index is 0.0608. The molecule has 10 nitrogen and oxygen atoms in total. The minimum atomic E-state index is -1.45. The van der Waals surface area contributed by atoms with Crippen LogP contribution in [0.4, 0.5) is 4.79 Å². The molecular weight excluding hydrogens is 464 g/mol. The number of hydrogen-bond acceptors (Lipinski definition) is 5. The molecule has 2 atom stereocenters. The van der Waals surface area contributed by atoms with Crippen LogP contribution in [-0.4, -0.2) is 57.2 Å². The van der Waals surface area contributed by atoms with Gasteiger partial charge in [-0.25, -0.2) is 9.59 Å². The van der Waals surface area contributed by atoms with Crippen molar-refractivity contribution in [2.24, 2.45) is 5.92 Å². The van der Waals surface area contributed by atoms with Crippen LogP contribution in [0, 0.1) is 5.92 Å². The van der Waals surface area contributed by atoms with Crippen molar-refractivity contribution in [1.29, 1.82) is 0 Å². The van der Waals surface area contributed by atoms with Crippen LogP contribution in [-0.2, 0) is 25.5 Å². The van der Waals surface area contributed by atoms with Gasteiger partial charge in [-0.05, 0) is 58.6 Å². The Morgan fingerprint density at radius 1 is 1.00 bits per heavy atom. The molecule has 0 bridgehead atoms. The zero-order valence-electron chi connectivity index (χ0n) is 22.0. The van der Waals surface area contributed by atoms with Crippen LogP contribution in [0.25, 0.3) is 10.9 Å². The fourth-order valence-corrected chi connectivity index (χ4v) is 3.66.